The summed E-state index contributed by atoms with van der Waals surface area (Å²) >= 11 is 0. The molecule has 0 aliphatic carbocycles. The maximum absolute atomic E-state index is 5.47. The average molecular weight is 237 g/mol. The lowest BCUT2D eigenvalue weighted by molar-refractivity contribution is 0.327. The van der Waals surface area contributed by atoms with Crippen LogP contribution in [0, 0.1) is 0 Å². The van der Waals surface area contributed by atoms with Crippen LogP contribution < -0.4 is 15.4 Å². The van der Waals surface area contributed by atoms with Crippen LogP contribution in [0.3, 0.4) is 0 Å². The van der Waals surface area contributed by atoms with Gasteiger partial charge in [-0.1, -0.05) is 12.5 Å². The smallest absolute Gasteiger partial charge is 0.215 e. The number of hydrogen-bond donors (Lipinski definition) is 1. The van der Waals surface area contributed by atoms with Crippen molar-refractivity contribution >= 4 is 5.82 Å². The number of rotatable bonds is 8. The van der Waals surface area contributed by atoms with Gasteiger partial charge >= 0.3 is 0 Å². The first-order valence-corrected chi connectivity index (χ1v) is 6.29. The summed E-state index contributed by atoms with van der Waals surface area (Å²) in [4.78, 5) is 6.59. The summed E-state index contributed by atoms with van der Waals surface area (Å²) in [6.45, 7) is 4.39. The normalized spacial score (nSPS) is 10.3. The third-order valence-electron chi connectivity index (χ3n) is 2.59. The van der Waals surface area contributed by atoms with Gasteiger partial charge in [-0.2, -0.15) is 4.98 Å². The molecule has 4 heteroatoms. The summed E-state index contributed by atoms with van der Waals surface area (Å²) in [6, 6.07) is 5.87. The second-order valence-electron chi connectivity index (χ2n) is 4.04. The molecule has 1 aromatic heterocycles. The van der Waals surface area contributed by atoms with E-state index in [1.165, 1.54) is 6.42 Å². The highest BCUT2D eigenvalue weighted by atomic mass is 16.5. The molecule has 0 atom stereocenters. The van der Waals surface area contributed by atoms with Gasteiger partial charge in [-0.3, -0.25) is 0 Å². The van der Waals surface area contributed by atoms with Crippen LogP contribution in [0.25, 0.3) is 0 Å². The van der Waals surface area contributed by atoms with E-state index in [4.69, 9.17) is 10.5 Å². The molecule has 1 rings (SSSR count). The average Bonchev–Trinajstić information content (AvgIpc) is 2.35. The van der Waals surface area contributed by atoms with E-state index < -0.39 is 0 Å². The molecule has 0 unspecified atom stereocenters. The van der Waals surface area contributed by atoms with Gasteiger partial charge in [0.15, 0.2) is 0 Å². The van der Waals surface area contributed by atoms with Crippen molar-refractivity contribution in [2.75, 3.05) is 31.6 Å². The Bertz CT molecular complexity index is 317. The number of nitrogens with two attached hydrogens (primary N) is 1. The molecule has 0 radical (unpaired) electrons. The van der Waals surface area contributed by atoms with Crippen molar-refractivity contribution in [3.05, 3.63) is 18.2 Å². The molecular weight excluding hydrogens is 214 g/mol. The van der Waals surface area contributed by atoms with E-state index in [1.807, 2.05) is 25.1 Å². The monoisotopic (exact) mass is 237 g/mol. The molecule has 0 fully saturated rings. The highest BCUT2D eigenvalue weighted by Crippen LogP contribution is 2.15. The van der Waals surface area contributed by atoms with Gasteiger partial charge in [0.1, 0.15) is 5.82 Å². The Morgan fingerprint density at radius 2 is 2.12 bits per heavy atom. The van der Waals surface area contributed by atoms with Crippen LogP contribution in [-0.4, -0.2) is 31.7 Å². The van der Waals surface area contributed by atoms with E-state index >= 15 is 0 Å². The first-order valence-electron chi connectivity index (χ1n) is 6.29. The van der Waals surface area contributed by atoms with Crippen LogP contribution in [0.2, 0.25) is 0 Å². The quantitative estimate of drug-likeness (QED) is 0.703. The number of hydrogen-bond acceptors (Lipinski definition) is 4. The maximum atomic E-state index is 5.47. The van der Waals surface area contributed by atoms with Crippen LogP contribution in [0.15, 0.2) is 18.2 Å². The molecule has 1 heterocycles. The molecule has 2 N–H and O–H groups in total. The molecule has 0 aliphatic rings. The largest absolute Gasteiger partial charge is 0.478 e. The van der Waals surface area contributed by atoms with Crippen LogP contribution in [0.1, 0.15) is 26.2 Å². The first kappa shape index (κ1) is 13.8. The predicted octanol–water partition coefficient (Wildman–Crippen LogP) is 2.05. The second-order valence-corrected chi connectivity index (χ2v) is 4.04. The van der Waals surface area contributed by atoms with E-state index in [0.717, 1.165) is 31.7 Å². The van der Waals surface area contributed by atoms with Gasteiger partial charge in [-0.25, -0.2) is 0 Å². The lowest BCUT2D eigenvalue weighted by Crippen LogP contribution is -2.20. The Hall–Kier alpha value is -1.29. The van der Waals surface area contributed by atoms with Gasteiger partial charge in [-0.05, 0) is 32.4 Å². The number of ether oxygens (including phenoxy) is 1. The van der Waals surface area contributed by atoms with Crippen LogP contribution in [0.5, 0.6) is 5.88 Å². The molecule has 96 valence electrons. The van der Waals surface area contributed by atoms with Crippen molar-refractivity contribution in [2.45, 2.75) is 26.2 Å². The summed E-state index contributed by atoms with van der Waals surface area (Å²) in [6.07, 6.45) is 3.42. The number of pyridine rings is 1. The van der Waals surface area contributed by atoms with Gasteiger partial charge in [0.2, 0.25) is 5.88 Å². The Kier molecular flexibility index (Phi) is 6.40. The Labute approximate surface area is 104 Å². The summed E-state index contributed by atoms with van der Waals surface area (Å²) < 4.78 is 5.39. The summed E-state index contributed by atoms with van der Waals surface area (Å²) in [5.41, 5.74) is 5.47. The van der Waals surface area contributed by atoms with Gasteiger partial charge in [0.25, 0.3) is 0 Å². The first-order chi connectivity index (χ1) is 8.27. The lowest BCUT2D eigenvalue weighted by atomic mass is 10.2. The van der Waals surface area contributed by atoms with E-state index in [9.17, 15) is 0 Å². The van der Waals surface area contributed by atoms with Crippen molar-refractivity contribution in [3.63, 3.8) is 0 Å². The van der Waals surface area contributed by atoms with E-state index in [0.29, 0.717) is 12.5 Å². The molecule has 4 nitrogen and oxygen atoms in total. The molecular formula is C13H23N3O. The van der Waals surface area contributed by atoms with E-state index in [-0.39, 0.29) is 0 Å². The zero-order chi connectivity index (χ0) is 12.5. The maximum Gasteiger partial charge on any atom is 0.215 e. The molecule has 0 aliphatic heterocycles. The summed E-state index contributed by atoms with van der Waals surface area (Å²) in [5, 5.41) is 0. The minimum absolute atomic E-state index is 0.649. The fourth-order valence-corrected chi connectivity index (χ4v) is 1.63. The SMILES string of the molecule is CCOc1cccc(N(C)CCCCCN)n1. The van der Waals surface area contributed by atoms with Gasteiger partial charge < -0.3 is 15.4 Å². The van der Waals surface area contributed by atoms with Crippen molar-refractivity contribution < 1.29 is 4.74 Å². The molecule has 1 aromatic rings. The fraction of sp³-hybridized carbons (Fsp3) is 0.615. The predicted molar refractivity (Wildman–Crippen MR) is 71.6 cm³/mol. The molecule has 0 bridgehead atoms. The fourth-order valence-electron chi connectivity index (χ4n) is 1.63. The molecule has 17 heavy (non-hydrogen) atoms. The Morgan fingerprint density at radius 1 is 1.29 bits per heavy atom. The summed E-state index contributed by atoms with van der Waals surface area (Å²) in [7, 11) is 2.06. The lowest BCUT2D eigenvalue weighted by Gasteiger charge is -2.18. The third-order valence-corrected chi connectivity index (χ3v) is 2.59. The molecule has 0 aromatic carbocycles. The Morgan fingerprint density at radius 3 is 2.82 bits per heavy atom. The van der Waals surface area contributed by atoms with Crippen molar-refractivity contribution in [3.8, 4) is 5.88 Å². The van der Waals surface area contributed by atoms with Gasteiger partial charge in [-0.15, -0.1) is 0 Å². The molecule has 0 spiro atoms. The van der Waals surface area contributed by atoms with Gasteiger partial charge in [0, 0.05) is 19.7 Å². The van der Waals surface area contributed by atoms with E-state index in [2.05, 4.69) is 16.9 Å². The molecule has 0 amide bonds. The zero-order valence-electron chi connectivity index (χ0n) is 10.9. The standard InChI is InChI=1S/C13H23N3O/c1-3-17-13-9-7-8-12(15-13)16(2)11-6-4-5-10-14/h7-9H,3-6,10-11,14H2,1-2H3. The van der Waals surface area contributed by atoms with Crippen LogP contribution >= 0.6 is 0 Å². The second kappa shape index (κ2) is 7.90. The minimum atomic E-state index is 0.649. The van der Waals surface area contributed by atoms with Crippen molar-refractivity contribution in [2.24, 2.45) is 5.73 Å². The summed E-state index contributed by atoms with van der Waals surface area (Å²) in [5.74, 6) is 1.66. The topological polar surface area (TPSA) is 51.4 Å². The number of aromatic nitrogens is 1. The third kappa shape index (κ3) is 5.04. The molecule has 0 saturated carbocycles. The Balaban J connectivity index is 2.44. The van der Waals surface area contributed by atoms with Crippen LogP contribution in [-0.2, 0) is 0 Å². The van der Waals surface area contributed by atoms with Gasteiger partial charge in [0.05, 0.1) is 6.61 Å². The highest BCUT2D eigenvalue weighted by molar-refractivity contribution is 5.39. The zero-order valence-corrected chi connectivity index (χ0v) is 10.9. The van der Waals surface area contributed by atoms with Crippen LogP contribution in [0.4, 0.5) is 5.82 Å². The van der Waals surface area contributed by atoms with Crippen molar-refractivity contribution in [1.29, 1.82) is 0 Å². The number of nitrogens with zero attached hydrogens (tertiary/aromatic N) is 2. The highest BCUT2D eigenvalue weighted by Gasteiger charge is 2.03. The number of unbranched alkanes of at least 4 members (excludes halogenated alkanes) is 2. The van der Waals surface area contributed by atoms with Crippen molar-refractivity contribution in [1.82, 2.24) is 4.98 Å². The number of anilines is 1. The van der Waals surface area contributed by atoms with E-state index in [1.54, 1.807) is 0 Å². The minimum Gasteiger partial charge on any atom is -0.478 e. The molecule has 0 saturated heterocycles.